The lowest BCUT2D eigenvalue weighted by molar-refractivity contribution is 0.340. The van der Waals surface area contributed by atoms with E-state index < -0.39 is 7.26 Å². The highest BCUT2D eigenvalue weighted by molar-refractivity contribution is 7.74. The Morgan fingerprint density at radius 1 is 1.14 bits per heavy atom. The normalized spacial score (nSPS) is 12.0. The second kappa shape index (κ2) is 2.61. The fraction of sp³-hybridized carbons (Fsp3) is 1.00. The topological polar surface area (TPSA) is 40.5 Å². The number of hydrogen-bond donors (Lipinski definition) is 2. The van der Waals surface area contributed by atoms with Crippen molar-refractivity contribution in [1.29, 1.82) is 0 Å². The molecule has 0 saturated heterocycles. The van der Waals surface area contributed by atoms with Gasteiger partial charge < -0.3 is 10.2 Å². The minimum atomic E-state index is -1.29. The van der Waals surface area contributed by atoms with Gasteiger partial charge in [0.2, 0.25) is 0 Å². The Balaban J connectivity index is 3.36. The van der Waals surface area contributed by atoms with E-state index in [2.05, 4.69) is 0 Å². The van der Waals surface area contributed by atoms with Gasteiger partial charge in [-0.05, 0) is 0 Å². The largest absolute Gasteiger partial charge is 0.362 e. The molecule has 2 nitrogen and oxygen atoms in total. The first-order valence-corrected chi connectivity index (χ1v) is 5.21. The smallest absolute Gasteiger partial charge is 0.155 e. The number of aliphatic hydroxyl groups excluding tert-OH is 2. The van der Waals surface area contributed by atoms with Crippen LogP contribution in [0.25, 0.3) is 0 Å². The summed E-state index contributed by atoms with van der Waals surface area (Å²) in [5, 5.41) is 17.0. The molecule has 0 aromatic rings. The van der Waals surface area contributed by atoms with Crippen LogP contribution in [0, 0.1) is 0 Å². The molecule has 0 fully saturated rings. The average molecular weight is 123 g/mol. The Hall–Kier alpha value is 0.350. The van der Waals surface area contributed by atoms with Crippen molar-refractivity contribution >= 4 is 7.26 Å². The fourth-order valence-corrected chi connectivity index (χ4v) is 0.134. The molecule has 0 saturated carbocycles. The maximum absolute atomic E-state index is 8.48. The minimum Gasteiger partial charge on any atom is -0.362 e. The van der Waals surface area contributed by atoms with Gasteiger partial charge >= 0.3 is 0 Å². The van der Waals surface area contributed by atoms with Crippen molar-refractivity contribution in [2.75, 3.05) is 26.0 Å². The van der Waals surface area contributed by atoms with Crippen molar-refractivity contribution < 1.29 is 10.2 Å². The van der Waals surface area contributed by atoms with Gasteiger partial charge in [-0.15, -0.1) is 0 Å². The Labute approximate surface area is 44.5 Å². The Morgan fingerprint density at radius 2 is 1.43 bits per heavy atom. The number of rotatable bonds is 2. The Bertz CT molecular complexity index is 47.7. The minimum absolute atomic E-state index is 0.156. The molecule has 0 heterocycles. The van der Waals surface area contributed by atoms with Crippen molar-refractivity contribution in [2.45, 2.75) is 0 Å². The molecule has 0 rings (SSSR count). The van der Waals surface area contributed by atoms with E-state index in [1.807, 2.05) is 13.3 Å². The van der Waals surface area contributed by atoms with Gasteiger partial charge in [0.05, 0.1) is 20.6 Å². The summed E-state index contributed by atoms with van der Waals surface area (Å²) in [6.07, 6.45) is 0.312. The molecule has 0 bridgehead atoms. The third kappa shape index (κ3) is 2.98. The van der Waals surface area contributed by atoms with E-state index >= 15 is 0 Å². The molecule has 0 unspecified atom stereocenters. The highest BCUT2D eigenvalue weighted by Gasteiger charge is 2.20. The summed E-state index contributed by atoms with van der Waals surface area (Å²) in [4.78, 5) is 0. The van der Waals surface area contributed by atoms with Crippen molar-refractivity contribution in [2.24, 2.45) is 0 Å². The molecule has 0 atom stereocenters. The van der Waals surface area contributed by atoms with Crippen molar-refractivity contribution in [3.05, 3.63) is 0 Å². The van der Waals surface area contributed by atoms with Crippen LogP contribution >= 0.6 is 7.26 Å². The van der Waals surface area contributed by atoms with E-state index in [-0.39, 0.29) is 12.7 Å². The van der Waals surface area contributed by atoms with Crippen LogP contribution in [0.4, 0.5) is 0 Å². The van der Waals surface area contributed by atoms with Gasteiger partial charge in [-0.25, -0.2) is 0 Å². The van der Waals surface area contributed by atoms with Crippen LogP contribution in [0.2, 0.25) is 0 Å². The molecule has 7 heavy (non-hydrogen) atoms. The first kappa shape index (κ1) is 7.35. The SMILES string of the molecule is C[P+](C)(CO)CO. The summed E-state index contributed by atoms with van der Waals surface area (Å²) in [6, 6.07) is 0. The molecule has 0 aromatic carbocycles. The van der Waals surface area contributed by atoms with Crippen LogP contribution in [-0.2, 0) is 0 Å². The van der Waals surface area contributed by atoms with Crippen molar-refractivity contribution in [1.82, 2.24) is 0 Å². The Morgan fingerprint density at radius 3 is 1.43 bits per heavy atom. The average Bonchev–Trinajstić information content (AvgIpc) is 1.68. The monoisotopic (exact) mass is 123 g/mol. The van der Waals surface area contributed by atoms with Gasteiger partial charge in [-0.1, -0.05) is 0 Å². The zero-order valence-electron chi connectivity index (χ0n) is 4.76. The molecule has 3 heteroatoms. The summed E-state index contributed by atoms with van der Waals surface area (Å²) in [7, 11) is -1.29. The van der Waals surface area contributed by atoms with E-state index in [0.29, 0.717) is 0 Å². The summed E-state index contributed by atoms with van der Waals surface area (Å²) >= 11 is 0. The number of aliphatic hydroxyl groups is 2. The van der Waals surface area contributed by atoms with Crippen LogP contribution < -0.4 is 0 Å². The van der Waals surface area contributed by atoms with Crippen LogP contribution in [0.5, 0.6) is 0 Å². The van der Waals surface area contributed by atoms with E-state index in [1.165, 1.54) is 0 Å². The highest BCUT2D eigenvalue weighted by Crippen LogP contribution is 2.47. The lowest BCUT2D eigenvalue weighted by atomic mass is 11.6. The molecule has 0 aliphatic rings. The first-order valence-electron chi connectivity index (χ1n) is 2.16. The third-order valence-corrected chi connectivity index (χ3v) is 2.30. The van der Waals surface area contributed by atoms with Crippen molar-refractivity contribution in [3.63, 3.8) is 0 Å². The maximum Gasteiger partial charge on any atom is 0.155 e. The molecule has 2 N–H and O–H groups in total. The predicted octanol–water partition coefficient (Wildman–Crippen LogP) is 0.163. The van der Waals surface area contributed by atoms with Crippen LogP contribution in [0.3, 0.4) is 0 Å². The quantitative estimate of drug-likeness (QED) is 0.513. The molecule has 44 valence electrons. The molecule has 0 aliphatic heterocycles. The van der Waals surface area contributed by atoms with E-state index in [4.69, 9.17) is 10.2 Å². The lowest BCUT2D eigenvalue weighted by Gasteiger charge is -2.08. The lowest BCUT2D eigenvalue weighted by Crippen LogP contribution is -1.97. The van der Waals surface area contributed by atoms with Gasteiger partial charge in [0.15, 0.2) is 12.7 Å². The van der Waals surface area contributed by atoms with Crippen LogP contribution in [0.15, 0.2) is 0 Å². The molecule has 0 aromatic heterocycles. The van der Waals surface area contributed by atoms with E-state index in [0.717, 1.165) is 0 Å². The summed E-state index contributed by atoms with van der Waals surface area (Å²) < 4.78 is 0. The molecule has 0 spiro atoms. The van der Waals surface area contributed by atoms with Gasteiger partial charge in [-0.2, -0.15) is 0 Å². The maximum atomic E-state index is 8.48. The fourth-order valence-electron chi connectivity index (χ4n) is 0.0447. The number of hydrogen-bond acceptors (Lipinski definition) is 2. The molecule has 0 radical (unpaired) electrons. The standard InChI is InChI=1S/C4H12O2P/c1-7(2,3-5)4-6/h5-6H,3-4H2,1-2H3/q+1. The van der Waals surface area contributed by atoms with Gasteiger partial charge in [-0.3, -0.25) is 0 Å². The van der Waals surface area contributed by atoms with Crippen LogP contribution in [0.1, 0.15) is 0 Å². The molecule has 0 aliphatic carbocycles. The van der Waals surface area contributed by atoms with E-state index in [9.17, 15) is 0 Å². The zero-order chi connectivity index (χ0) is 5.91. The Kier molecular flexibility index (Phi) is 2.74. The molecular formula is C4H12O2P+. The summed E-state index contributed by atoms with van der Waals surface area (Å²) in [5.74, 6) is 0. The van der Waals surface area contributed by atoms with Gasteiger partial charge in [0.25, 0.3) is 0 Å². The second-order valence-corrected chi connectivity index (χ2v) is 6.66. The van der Waals surface area contributed by atoms with Crippen LogP contribution in [-0.4, -0.2) is 36.2 Å². The van der Waals surface area contributed by atoms with Crippen molar-refractivity contribution in [3.8, 4) is 0 Å². The second-order valence-electron chi connectivity index (χ2n) is 2.22. The summed E-state index contributed by atoms with van der Waals surface area (Å²) in [6.45, 7) is 3.82. The first-order chi connectivity index (χ1) is 3.12. The molecular weight excluding hydrogens is 111 g/mol. The predicted molar refractivity (Wildman–Crippen MR) is 32.9 cm³/mol. The highest BCUT2D eigenvalue weighted by atomic mass is 31.2. The van der Waals surface area contributed by atoms with Gasteiger partial charge in [0, 0.05) is 0 Å². The zero-order valence-corrected chi connectivity index (χ0v) is 5.65. The molecule has 0 amide bonds. The third-order valence-electron chi connectivity index (χ3n) is 0.766. The van der Waals surface area contributed by atoms with E-state index in [1.54, 1.807) is 0 Å². The summed E-state index contributed by atoms with van der Waals surface area (Å²) in [5.41, 5.74) is 0. The van der Waals surface area contributed by atoms with Gasteiger partial charge in [0.1, 0.15) is 0 Å².